The van der Waals surface area contributed by atoms with Crippen molar-refractivity contribution in [2.45, 2.75) is 32.6 Å². The van der Waals surface area contributed by atoms with Gasteiger partial charge in [0.2, 0.25) is 5.91 Å². The Morgan fingerprint density at radius 1 is 1.12 bits per heavy atom. The maximum atomic E-state index is 11.9. The van der Waals surface area contributed by atoms with Gasteiger partial charge in [-0.1, -0.05) is 31.2 Å². The Hall–Kier alpha value is -1.31. The fraction of sp³-hybridized carbons (Fsp3) is 0.500. The van der Waals surface area contributed by atoms with Crippen LogP contribution in [-0.4, -0.2) is 23.9 Å². The molecule has 0 radical (unpaired) electrons. The first kappa shape index (κ1) is 11.2. The second kappa shape index (κ2) is 5.15. The van der Waals surface area contributed by atoms with E-state index in [1.807, 2.05) is 4.90 Å². The van der Waals surface area contributed by atoms with Gasteiger partial charge < -0.3 is 4.90 Å². The zero-order chi connectivity index (χ0) is 11.4. The van der Waals surface area contributed by atoms with E-state index in [-0.39, 0.29) is 5.91 Å². The van der Waals surface area contributed by atoms with Crippen LogP contribution < -0.4 is 0 Å². The molecule has 1 saturated heterocycles. The van der Waals surface area contributed by atoms with Crippen molar-refractivity contribution in [3.05, 3.63) is 35.4 Å². The number of aryl methyl sites for hydroxylation is 1. The van der Waals surface area contributed by atoms with E-state index in [0.29, 0.717) is 6.42 Å². The molecule has 0 N–H and O–H groups in total. The molecule has 1 aliphatic rings. The molecule has 1 aromatic rings. The highest BCUT2D eigenvalue weighted by molar-refractivity contribution is 5.79. The molecule has 2 nitrogen and oxygen atoms in total. The van der Waals surface area contributed by atoms with Gasteiger partial charge in [-0.25, -0.2) is 0 Å². The third kappa shape index (κ3) is 2.63. The smallest absolute Gasteiger partial charge is 0.226 e. The minimum Gasteiger partial charge on any atom is -0.342 e. The van der Waals surface area contributed by atoms with Crippen molar-refractivity contribution in [1.29, 1.82) is 0 Å². The van der Waals surface area contributed by atoms with Gasteiger partial charge in [0.1, 0.15) is 0 Å². The average Bonchev–Trinajstić information content (AvgIpc) is 2.83. The van der Waals surface area contributed by atoms with Crippen LogP contribution in [0.4, 0.5) is 0 Å². The molecule has 0 aliphatic carbocycles. The zero-order valence-corrected chi connectivity index (χ0v) is 9.91. The fourth-order valence-electron chi connectivity index (χ4n) is 2.15. The second-order valence-corrected chi connectivity index (χ2v) is 4.43. The van der Waals surface area contributed by atoms with Gasteiger partial charge >= 0.3 is 0 Å². The topological polar surface area (TPSA) is 20.3 Å². The van der Waals surface area contributed by atoms with Crippen LogP contribution >= 0.6 is 0 Å². The maximum Gasteiger partial charge on any atom is 0.226 e. The number of benzene rings is 1. The van der Waals surface area contributed by atoms with Crippen LogP contribution in [0.2, 0.25) is 0 Å². The van der Waals surface area contributed by atoms with Crippen LogP contribution in [-0.2, 0) is 17.6 Å². The van der Waals surface area contributed by atoms with Crippen molar-refractivity contribution < 1.29 is 4.79 Å². The third-order valence-electron chi connectivity index (χ3n) is 3.25. The van der Waals surface area contributed by atoms with Gasteiger partial charge in [-0.05, 0) is 30.4 Å². The lowest BCUT2D eigenvalue weighted by Gasteiger charge is -2.15. The molecule has 16 heavy (non-hydrogen) atoms. The van der Waals surface area contributed by atoms with Gasteiger partial charge in [0, 0.05) is 13.1 Å². The summed E-state index contributed by atoms with van der Waals surface area (Å²) < 4.78 is 0. The van der Waals surface area contributed by atoms with Gasteiger partial charge in [0.05, 0.1) is 6.42 Å². The molecule has 1 heterocycles. The number of hydrogen-bond donors (Lipinski definition) is 0. The van der Waals surface area contributed by atoms with Crippen molar-refractivity contribution in [1.82, 2.24) is 4.90 Å². The van der Waals surface area contributed by atoms with Gasteiger partial charge in [0.15, 0.2) is 0 Å². The molecule has 1 aromatic carbocycles. The number of amides is 1. The minimum atomic E-state index is 0.279. The van der Waals surface area contributed by atoms with E-state index in [1.54, 1.807) is 0 Å². The van der Waals surface area contributed by atoms with Crippen molar-refractivity contribution in [2.75, 3.05) is 13.1 Å². The summed E-state index contributed by atoms with van der Waals surface area (Å²) in [6, 6.07) is 8.39. The normalized spacial score (nSPS) is 15.4. The quantitative estimate of drug-likeness (QED) is 0.761. The van der Waals surface area contributed by atoms with Crippen LogP contribution in [0.15, 0.2) is 24.3 Å². The summed E-state index contributed by atoms with van der Waals surface area (Å²) >= 11 is 0. The molecular weight excluding hydrogens is 198 g/mol. The van der Waals surface area contributed by atoms with E-state index in [9.17, 15) is 4.79 Å². The lowest BCUT2D eigenvalue weighted by atomic mass is 10.1. The molecule has 0 bridgehead atoms. The molecule has 1 amide bonds. The number of nitrogens with zero attached hydrogens (tertiary/aromatic N) is 1. The van der Waals surface area contributed by atoms with Crippen LogP contribution in [0.3, 0.4) is 0 Å². The molecule has 0 atom stereocenters. The van der Waals surface area contributed by atoms with Gasteiger partial charge in [0.25, 0.3) is 0 Å². The first-order valence-electron chi connectivity index (χ1n) is 6.15. The second-order valence-electron chi connectivity index (χ2n) is 4.43. The van der Waals surface area contributed by atoms with E-state index in [1.165, 1.54) is 18.4 Å². The van der Waals surface area contributed by atoms with E-state index in [0.717, 1.165) is 25.1 Å². The molecule has 1 aliphatic heterocycles. The van der Waals surface area contributed by atoms with Crippen LogP contribution in [0.5, 0.6) is 0 Å². The molecule has 2 rings (SSSR count). The largest absolute Gasteiger partial charge is 0.342 e. The van der Waals surface area contributed by atoms with Crippen LogP contribution in [0, 0.1) is 0 Å². The van der Waals surface area contributed by atoms with Crippen molar-refractivity contribution in [3.63, 3.8) is 0 Å². The number of hydrogen-bond acceptors (Lipinski definition) is 1. The van der Waals surface area contributed by atoms with E-state index in [2.05, 4.69) is 31.2 Å². The first-order valence-corrected chi connectivity index (χ1v) is 6.15. The lowest BCUT2D eigenvalue weighted by molar-refractivity contribution is -0.129. The Kier molecular flexibility index (Phi) is 3.60. The van der Waals surface area contributed by atoms with Crippen LogP contribution in [0.1, 0.15) is 30.9 Å². The highest BCUT2D eigenvalue weighted by Gasteiger charge is 2.17. The van der Waals surface area contributed by atoms with Crippen molar-refractivity contribution in [3.8, 4) is 0 Å². The Morgan fingerprint density at radius 2 is 1.69 bits per heavy atom. The summed E-state index contributed by atoms with van der Waals surface area (Å²) in [5.41, 5.74) is 2.46. The Morgan fingerprint density at radius 3 is 2.25 bits per heavy atom. The van der Waals surface area contributed by atoms with Gasteiger partial charge in [-0.3, -0.25) is 4.79 Å². The number of rotatable bonds is 3. The highest BCUT2D eigenvalue weighted by atomic mass is 16.2. The molecule has 0 saturated carbocycles. The predicted octanol–water partition coefficient (Wildman–Crippen LogP) is 2.41. The summed E-state index contributed by atoms with van der Waals surface area (Å²) in [6.07, 6.45) is 3.95. The van der Waals surface area contributed by atoms with Crippen LogP contribution in [0.25, 0.3) is 0 Å². The molecule has 2 heteroatoms. The number of carbonyl (C=O) groups is 1. The summed E-state index contributed by atoms with van der Waals surface area (Å²) in [4.78, 5) is 13.9. The molecule has 0 spiro atoms. The average molecular weight is 217 g/mol. The number of likely N-dealkylation sites (tertiary alicyclic amines) is 1. The Balaban J connectivity index is 1.94. The van der Waals surface area contributed by atoms with Gasteiger partial charge in [-0.15, -0.1) is 0 Å². The SMILES string of the molecule is CCc1ccc(CC(=O)N2CCCC2)cc1. The third-order valence-corrected chi connectivity index (χ3v) is 3.25. The molecular formula is C14H19NO. The monoisotopic (exact) mass is 217 g/mol. The highest BCUT2D eigenvalue weighted by Crippen LogP contribution is 2.11. The Labute approximate surface area is 97.3 Å². The van der Waals surface area contributed by atoms with Crippen molar-refractivity contribution in [2.24, 2.45) is 0 Å². The minimum absolute atomic E-state index is 0.279. The summed E-state index contributed by atoms with van der Waals surface area (Å²) in [7, 11) is 0. The summed E-state index contributed by atoms with van der Waals surface area (Å²) in [6.45, 7) is 4.04. The molecule has 0 unspecified atom stereocenters. The molecule has 0 aromatic heterocycles. The Bertz CT molecular complexity index is 350. The maximum absolute atomic E-state index is 11.9. The predicted molar refractivity (Wildman–Crippen MR) is 65.3 cm³/mol. The fourth-order valence-corrected chi connectivity index (χ4v) is 2.15. The standard InChI is InChI=1S/C14H19NO/c1-2-12-5-7-13(8-6-12)11-14(16)15-9-3-4-10-15/h5-8H,2-4,9-11H2,1H3. The number of carbonyl (C=O) groups excluding carboxylic acids is 1. The first-order chi connectivity index (χ1) is 7.79. The molecule has 86 valence electrons. The lowest BCUT2D eigenvalue weighted by Crippen LogP contribution is -2.29. The molecule has 1 fully saturated rings. The van der Waals surface area contributed by atoms with E-state index in [4.69, 9.17) is 0 Å². The van der Waals surface area contributed by atoms with Gasteiger partial charge in [-0.2, -0.15) is 0 Å². The zero-order valence-electron chi connectivity index (χ0n) is 9.91. The summed E-state index contributed by atoms with van der Waals surface area (Å²) in [5.74, 6) is 0.279. The van der Waals surface area contributed by atoms with E-state index < -0.39 is 0 Å². The van der Waals surface area contributed by atoms with E-state index >= 15 is 0 Å². The van der Waals surface area contributed by atoms with Crippen molar-refractivity contribution >= 4 is 5.91 Å². The summed E-state index contributed by atoms with van der Waals surface area (Å²) in [5, 5.41) is 0.